The minimum Gasteiger partial charge on any atom is -0.423 e. The predicted molar refractivity (Wildman–Crippen MR) is 391 cm³/mol. The summed E-state index contributed by atoms with van der Waals surface area (Å²) in [6.07, 6.45) is 14.3. The number of esters is 4. The van der Waals surface area contributed by atoms with E-state index >= 15 is 0 Å². The number of carbonyl (C=O) groups is 4. The molecule has 2 unspecified atom stereocenters. The summed E-state index contributed by atoms with van der Waals surface area (Å²) in [6, 6.07) is 88.3. The lowest BCUT2D eigenvalue weighted by Gasteiger charge is -2.37. The van der Waals surface area contributed by atoms with E-state index < -0.39 is 34.7 Å². The van der Waals surface area contributed by atoms with Gasteiger partial charge >= 0.3 is 23.9 Å². The molecule has 0 spiro atoms. The molecule has 14 aromatic rings. The van der Waals surface area contributed by atoms with Crippen LogP contribution in [0.5, 0.6) is 23.0 Å². The van der Waals surface area contributed by atoms with Crippen molar-refractivity contribution < 1.29 is 38.1 Å². The van der Waals surface area contributed by atoms with Crippen LogP contribution >= 0.6 is 0 Å². The highest BCUT2D eigenvalue weighted by atomic mass is 16.5. The van der Waals surface area contributed by atoms with Gasteiger partial charge in [0, 0.05) is 24.3 Å². The van der Waals surface area contributed by atoms with Crippen molar-refractivity contribution in [3.63, 3.8) is 0 Å². The Morgan fingerprint density at radius 1 is 0.337 bits per heavy atom. The van der Waals surface area contributed by atoms with Crippen LogP contribution in [0.15, 0.2) is 310 Å². The largest absolute Gasteiger partial charge is 0.423 e. The van der Waals surface area contributed by atoms with Crippen LogP contribution in [0.3, 0.4) is 0 Å². The van der Waals surface area contributed by atoms with Gasteiger partial charge in [-0.3, -0.25) is 0 Å². The molecule has 17 rings (SSSR count). The second-order valence-electron chi connectivity index (χ2n) is 25.2. The van der Waals surface area contributed by atoms with Crippen LogP contribution in [-0.4, -0.2) is 23.9 Å². The van der Waals surface area contributed by atoms with Gasteiger partial charge in [0.25, 0.3) is 0 Å². The van der Waals surface area contributed by atoms with Gasteiger partial charge < -0.3 is 18.9 Å². The number of fused-ring (bicyclic) bond motifs is 16. The van der Waals surface area contributed by atoms with Crippen LogP contribution in [0.1, 0.15) is 62.1 Å². The van der Waals surface area contributed by atoms with E-state index in [-0.39, 0.29) is 0 Å². The smallest absolute Gasteiger partial charge is 0.336 e. The summed E-state index contributed by atoms with van der Waals surface area (Å²) < 4.78 is 22.8. The van der Waals surface area contributed by atoms with Crippen molar-refractivity contribution in [1.82, 2.24) is 0 Å². The molecule has 466 valence electrons. The SMILES string of the molecule is C=CC(=O)Oc1ccc2cc(C3(c4ccc5cc(OC(=O)/C=C/C=C/C(=O)Oc6ccc7cc(C8(c9ccc%10cc(OC(=O)C=C)ccc%10c9)c9c(ccc%10c9C=CCC%10)-c9ccc%10ccccc%10c98)ccc7c6)ccc5c4)c4ccccc4-c4ccc5ccccc5c43)ccc2c1. The third-order valence-corrected chi connectivity index (χ3v) is 19.9. The molecule has 8 heteroatoms. The third-order valence-electron chi connectivity index (χ3n) is 19.9. The van der Waals surface area contributed by atoms with Gasteiger partial charge in [0.1, 0.15) is 23.0 Å². The topological polar surface area (TPSA) is 105 Å². The first kappa shape index (κ1) is 59.0. The maximum atomic E-state index is 13.4. The minimum absolute atomic E-state index is 0.369. The van der Waals surface area contributed by atoms with Gasteiger partial charge in [0.15, 0.2) is 0 Å². The Balaban J connectivity index is 0.642. The number of hydrogen-bond donors (Lipinski definition) is 0. The van der Waals surface area contributed by atoms with Gasteiger partial charge in [-0.05, 0) is 228 Å². The molecule has 3 aliphatic rings. The van der Waals surface area contributed by atoms with Crippen LogP contribution in [0.4, 0.5) is 0 Å². The second-order valence-corrected chi connectivity index (χ2v) is 25.2. The molecule has 0 saturated carbocycles. The monoisotopic (exact) mass is 1270 g/mol. The Hall–Kier alpha value is -12.8. The van der Waals surface area contributed by atoms with Crippen LogP contribution in [0.25, 0.3) is 93.0 Å². The fraction of sp³-hybridized carbons (Fsp3) is 0.0444. The van der Waals surface area contributed by atoms with Crippen molar-refractivity contribution in [3.05, 3.63) is 366 Å². The fourth-order valence-corrected chi connectivity index (χ4v) is 15.7. The average molecular weight is 1270 g/mol. The summed E-state index contributed by atoms with van der Waals surface area (Å²) in [5.74, 6) is -0.625. The molecule has 0 aromatic heterocycles. The van der Waals surface area contributed by atoms with Crippen molar-refractivity contribution in [2.45, 2.75) is 23.7 Å². The van der Waals surface area contributed by atoms with Crippen molar-refractivity contribution in [2.75, 3.05) is 0 Å². The Morgan fingerprint density at radius 2 is 0.704 bits per heavy atom. The number of ether oxygens (including phenoxy) is 4. The molecular weight excluding hydrogens is 1210 g/mol. The number of benzene rings is 14. The normalized spacial score (nSPS) is 15.7. The van der Waals surface area contributed by atoms with E-state index in [9.17, 15) is 19.2 Å². The molecule has 0 fully saturated rings. The zero-order valence-electron chi connectivity index (χ0n) is 53.0. The number of rotatable bonds is 13. The van der Waals surface area contributed by atoms with Crippen LogP contribution in [0.2, 0.25) is 0 Å². The van der Waals surface area contributed by atoms with E-state index in [0.717, 1.165) is 118 Å². The van der Waals surface area contributed by atoms with Crippen molar-refractivity contribution in [2.24, 2.45) is 0 Å². The number of carbonyl (C=O) groups excluding carboxylic acids is 4. The summed E-state index contributed by atoms with van der Waals surface area (Å²) in [4.78, 5) is 51.2. The van der Waals surface area contributed by atoms with E-state index in [1.165, 1.54) is 74.2 Å². The third kappa shape index (κ3) is 9.67. The van der Waals surface area contributed by atoms with Gasteiger partial charge in [-0.2, -0.15) is 0 Å². The van der Waals surface area contributed by atoms with Crippen molar-refractivity contribution >= 4 is 94.6 Å². The van der Waals surface area contributed by atoms with Crippen LogP contribution in [-0.2, 0) is 36.4 Å². The molecule has 0 radical (unpaired) electrons. The van der Waals surface area contributed by atoms with E-state index in [1.54, 1.807) is 6.07 Å². The molecule has 8 nitrogen and oxygen atoms in total. The lowest BCUT2D eigenvalue weighted by atomic mass is 9.64. The summed E-state index contributed by atoms with van der Waals surface area (Å²) in [5, 5.41) is 12.1. The molecule has 0 heterocycles. The lowest BCUT2D eigenvalue weighted by molar-refractivity contribution is -0.130. The van der Waals surface area contributed by atoms with Gasteiger partial charge in [-0.1, -0.05) is 219 Å². The van der Waals surface area contributed by atoms with Gasteiger partial charge in [0.05, 0.1) is 10.8 Å². The first-order valence-corrected chi connectivity index (χ1v) is 32.7. The molecular formula is C90H58O8. The van der Waals surface area contributed by atoms with Gasteiger partial charge in [-0.25, -0.2) is 19.2 Å². The Kier molecular flexibility index (Phi) is 14.2. The summed E-state index contributed by atoms with van der Waals surface area (Å²) >= 11 is 0. The highest BCUT2D eigenvalue weighted by Crippen LogP contribution is 2.62. The number of aryl methyl sites for hydroxylation is 1. The second kappa shape index (κ2) is 23.6. The van der Waals surface area contributed by atoms with Gasteiger partial charge in [0.2, 0.25) is 0 Å². The standard InChI is InChI=1S/C90H58O8/c1-3-82(91)95-70-40-29-58-47-66(36-25-62(58)51-70)89(81-22-12-11-21-77(81)78-44-33-55-15-5-8-18-74(55)86(78)89)67-37-26-63-53-72(42-31-59(63)48-67)97-84(93)23-13-14-24-85(94)98-73-43-32-61-50-69(39-28-65(61)54-73)90(68-38-27-64-52-71(96-83(92)4-2)41-30-60(64)49-68)87-75-19-9-6-16-56(75)34-45-79(87)80-46-35-57-17-7-10-20-76(57)88(80)90/h3-6,8-16,18-54H,1-2,7,17H2/b23-13+,24-14+. The Labute approximate surface area is 564 Å². The first-order chi connectivity index (χ1) is 48.0. The zero-order chi connectivity index (χ0) is 66.2. The summed E-state index contributed by atoms with van der Waals surface area (Å²) in [7, 11) is 0. The van der Waals surface area contributed by atoms with E-state index in [4.69, 9.17) is 18.9 Å². The minimum atomic E-state index is -0.786. The highest BCUT2D eigenvalue weighted by Gasteiger charge is 2.50. The quantitative estimate of drug-likeness (QED) is 0.0486. The molecule has 3 aliphatic carbocycles. The summed E-state index contributed by atoms with van der Waals surface area (Å²) in [6.45, 7) is 7.13. The van der Waals surface area contributed by atoms with E-state index in [2.05, 4.69) is 207 Å². The van der Waals surface area contributed by atoms with Crippen LogP contribution < -0.4 is 18.9 Å². The Bertz CT molecular complexity index is 5920. The molecule has 0 amide bonds. The van der Waals surface area contributed by atoms with E-state index in [0.29, 0.717) is 23.0 Å². The van der Waals surface area contributed by atoms with Crippen molar-refractivity contribution in [3.8, 4) is 45.3 Å². The van der Waals surface area contributed by atoms with E-state index in [1.807, 2.05) is 66.7 Å². The molecule has 2 atom stereocenters. The molecule has 0 saturated heterocycles. The fourth-order valence-electron chi connectivity index (χ4n) is 15.7. The summed E-state index contributed by atoms with van der Waals surface area (Å²) in [5.41, 5.74) is 14.9. The van der Waals surface area contributed by atoms with Gasteiger partial charge in [-0.15, -0.1) is 0 Å². The zero-order valence-corrected chi connectivity index (χ0v) is 53.0. The maximum absolute atomic E-state index is 13.4. The molecule has 0 aliphatic heterocycles. The highest BCUT2D eigenvalue weighted by molar-refractivity contribution is 6.05. The lowest BCUT2D eigenvalue weighted by Crippen LogP contribution is -2.30. The Morgan fingerprint density at radius 3 is 1.18 bits per heavy atom. The molecule has 0 N–H and O–H groups in total. The molecule has 0 bridgehead atoms. The molecule has 14 aromatic carbocycles. The first-order valence-electron chi connectivity index (χ1n) is 32.7. The number of allylic oxidation sites excluding steroid dienone is 3. The predicted octanol–water partition coefficient (Wildman–Crippen LogP) is 20.1. The van der Waals surface area contributed by atoms with Crippen LogP contribution in [0, 0.1) is 0 Å². The molecule has 98 heavy (non-hydrogen) atoms. The maximum Gasteiger partial charge on any atom is 0.336 e. The average Bonchev–Trinajstić information content (AvgIpc) is 1.51. The number of hydrogen-bond acceptors (Lipinski definition) is 8. The van der Waals surface area contributed by atoms with Crippen molar-refractivity contribution in [1.29, 1.82) is 0 Å².